The molecule has 1 amide bonds. The molecule has 2 heterocycles. The molecule has 0 saturated heterocycles. The minimum atomic E-state index is -4.49. The molecule has 0 bridgehead atoms. The van der Waals surface area contributed by atoms with Gasteiger partial charge in [-0.25, -0.2) is 4.98 Å². The number of nitrogens with zero attached hydrogens (tertiary/aromatic N) is 2. The molecule has 2 aromatic heterocycles. The summed E-state index contributed by atoms with van der Waals surface area (Å²) in [5.74, 6) is 0.0220. The van der Waals surface area contributed by atoms with E-state index in [2.05, 4.69) is 15.6 Å². The molecule has 0 aliphatic heterocycles. The highest BCUT2D eigenvalue weighted by Crippen LogP contribution is 2.32. The lowest BCUT2D eigenvalue weighted by Crippen LogP contribution is -2.29. The average Bonchev–Trinajstić information content (AvgIpc) is 3.07. The predicted molar refractivity (Wildman–Crippen MR) is 102 cm³/mol. The van der Waals surface area contributed by atoms with Gasteiger partial charge < -0.3 is 15.2 Å². The number of benzene rings is 1. The highest BCUT2D eigenvalue weighted by Gasteiger charge is 2.31. The van der Waals surface area contributed by atoms with Gasteiger partial charge in [-0.1, -0.05) is 29.8 Å². The van der Waals surface area contributed by atoms with Crippen molar-refractivity contribution in [2.45, 2.75) is 19.1 Å². The Hall–Kier alpha value is -2.74. The van der Waals surface area contributed by atoms with E-state index in [-0.39, 0.29) is 23.3 Å². The molecular weight excluding hydrogens is 393 g/mol. The maximum atomic E-state index is 12.6. The minimum absolute atomic E-state index is 0.119. The van der Waals surface area contributed by atoms with E-state index in [9.17, 15) is 18.0 Å². The monoisotopic (exact) mass is 410 g/mol. The van der Waals surface area contributed by atoms with Crippen LogP contribution in [0.4, 0.5) is 19.0 Å². The van der Waals surface area contributed by atoms with Gasteiger partial charge in [-0.3, -0.25) is 4.79 Å². The quantitative estimate of drug-likeness (QED) is 0.570. The molecule has 0 unspecified atom stereocenters. The molecule has 0 saturated carbocycles. The number of para-hydroxylation sites is 1. The summed E-state index contributed by atoms with van der Waals surface area (Å²) in [6.07, 6.45) is -1.52. The number of aromatic nitrogens is 2. The lowest BCUT2D eigenvalue weighted by Gasteiger charge is -2.11. The molecule has 0 spiro atoms. The van der Waals surface area contributed by atoms with Gasteiger partial charge in [-0.05, 0) is 23.6 Å². The Morgan fingerprint density at radius 2 is 1.96 bits per heavy atom. The van der Waals surface area contributed by atoms with E-state index in [0.717, 1.165) is 17.0 Å². The Kier molecular flexibility index (Phi) is 6.08. The molecule has 3 rings (SSSR count). The topological polar surface area (TPSA) is 59.0 Å². The highest BCUT2D eigenvalue weighted by atomic mass is 35.5. The van der Waals surface area contributed by atoms with Crippen molar-refractivity contribution in [2.24, 2.45) is 0 Å². The van der Waals surface area contributed by atoms with Crippen molar-refractivity contribution in [1.82, 2.24) is 14.9 Å². The fourth-order valence-corrected chi connectivity index (χ4v) is 2.98. The first-order chi connectivity index (χ1) is 13.3. The van der Waals surface area contributed by atoms with Gasteiger partial charge in [-0.2, -0.15) is 13.2 Å². The first-order valence-electron chi connectivity index (χ1n) is 8.62. The van der Waals surface area contributed by atoms with Gasteiger partial charge in [0.05, 0.1) is 10.6 Å². The van der Waals surface area contributed by atoms with Gasteiger partial charge in [0.2, 0.25) is 5.91 Å². The number of amides is 1. The van der Waals surface area contributed by atoms with E-state index < -0.39 is 11.7 Å². The molecule has 148 valence electrons. The predicted octanol–water partition coefficient (Wildman–Crippen LogP) is 4.33. The molecular formula is C19H18ClF3N4O. The zero-order chi connectivity index (χ0) is 20.1. The number of hydrogen-bond donors (Lipinski definition) is 2. The summed E-state index contributed by atoms with van der Waals surface area (Å²) in [6.45, 7) is 1.14. The van der Waals surface area contributed by atoms with Crippen LogP contribution in [-0.2, 0) is 17.5 Å². The average molecular weight is 411 g/mol. The van der Waals surface area contributed by atoms with E-state index in [1.807, 2.05) is 41.1 Å². The maximum absolute atomic E-state index is 12.6. The molecule has 9 heteroatoms. The van der Waals surface area contributed by atoms with Gasteiger partial charge in [0.1, 0.15) is 5.82 Å². The van der Waals surface area contributed by atoms with E-state index >= 15 is 0 Å². The van der Waals surface area contributed by atoms with Crippen molar-refractivity contribution in [3.63, 3.8) is 0 Å². The van der Waals surface area contributed by atoms with Crippen LogP contribution in [0.2, 0.25) is 5.02 Å². The number of fused-ring (bicyclic) bond motifs is 1. The molecule has 0 fully saturated rings. The number of aryl methyl sites for hydroxylation is 1. The summed E-state index contributed by atoms with van der Waals surface area (Å²) in [5, 5.41) is 6.56. The van der Waals surface area contributed by atoms with Crippen molar-refractivity contribution in [1.29, 1.82) is 0 Å². The van der Waals surface area contributed by atoms with E-state index in [0.29, 0.717) is 25.7 Å². The van der Waals surface area contributed by atoms with Crippen molar-refractivity contribution < 1.29 is 18.0 Å². The Bertz CT molecular complexity index is 971. The number of rotatable bonds is 7. The van der Waals surface area contributed by atoms with Crippen LogP contribution >= 0.6 is 11.6 Å². The molecule has 28 heavy (non-hydrogen) atoms. The third kappa shape index (κ3) is 4.95. The zero-order valence-corrected chi connectivity index (χ0v) is 15.5. The van der Waals surface area contributed by atoms with E-state index in [1.165, 1.54) is 0 Å². The first kappa shape index (κ1) is 20.0. The third-order valence-electron chi connectivity index (χ3n) is 4.17. The van der Waals surface area contributed by atoms with Crippen LogP contribution in [0.5, 0.6) is 0 Å². The van der Waals surface area contributed by atoms with Crippen molar-refractivity contribution in [3.8, 4) is 0 Å². The lowest BCUT2D eigenvalue weighted by molar-refractivity contribution is -0.137. The highest BCUT2D eigenvalue weighted by molar-refractivity contribution is 6.32. The first-order valence-corrected chi connectivity index (χ1v) is 8.99. The lowest BCUT2D eigenvalue weighted by atomic mass is 10.2. The standard InChI is InChI=1S/C19H18ClF3N4O/c20-15-11-14(19(21,22)23)12-26-18(15)25-8-7-24-17(28)6-10-27-9-5-13-3-1-2-4-16(13)27/h1-5,9,11-12H,6-8,10H2,(H,24,28)(H,25,26). The van der Waals surface area contributed by atoms with Crippen LogP contribution in [0.3, 0.4) is 0 Å². The minimum Gasteiger partial charge on any atom is -0.367 e. The fraction of sp³-hybridized carbons (Fsp3) is 0.263. The van der Waals surface area contributed by atoms with Gasteiger partial charge in [-0.15, -0.1) is 0 Å². The second-order valence-corrected chi connectivity index (χ2v) is 6.55. The smallest absolute Gasteiger partial charge is 0.367 e. The van der Waals surface area contributed by atoms with Crippen LogP contribution < -0.4 is 10.6 Å². The number of hydrogen-bond acceptors (Lipinski definition) is 3. The van der Waals surface area contributed by atoms with Crippen LogP contribution in [0.1, 0.15) is 12.0 Å². The largest absolute Gasteiger partial charge is 0.417 e. The Labute approximate surface area is 164 Å². The summed E-state index contributed by atoms with van der Waals surface area (Å²) in [4.78, 5) is 15.7. The third-order valence-corrected chi connectivity index (χ3v) is 4.46. The molecule has 0 aliphatic rings. The summed E-state index contributed by atoms with van der Waals surface area (Å²) in [6, 6.07) is 10.7. The number of halogens is 4. The zero-order valence-electron chi connectivity index (χ0n) is 14.8. The second kappa shape index (κ2) is 8.52. The Morgan fingerprint density at radius 1 is 1.18 bits per heavy atom. The van der Waals surface area contributed by atoms with E-state index in [4.69, 9.17) is 11.6 Å². The van der Waals surface area contributed by atoms with Crippen LogP contribution in [-0.4, -0.2) is 28.5 Å². The summed E-state index contributed by atoms with van der Waals surface area (Å²) >= 11 is 5.82. The molecule has 0 radical (unpaired) electrons. The van der Waals surface area contributed by atoms with Crippen LogP contribution in [0, 0.1) is 0 Å². The molecule has 1 aromatic carbocycles. The molecule has 0 aliphatic carbocycles. The molecule has 2 N–H and O–H groups in total. The summed E-state index contributed by atoms with van der Waals surface area (Å²) in [5.41, 5.74) is 0.161. The summed E-state index contributed by atoms with van der Waals surface area (Å²) < 4.78 is 39.8. The SMILES string of the molecule is O=C(CCn1ccc2ccccc21)NCCNc1ncc(C(F)(F)F)cc1Cl. The summed E-state index contributed by atoms with van der Waals surface area (Å²) in [7, 11) is 0. The normalized spacial score (nSPS) is 11.6. The van der Waals surface area contributed by atoms with Crippen LogP contribution in [0.25, 0.3) is 10.9 Å². The van der Waals surface area contributed by atoms with Crippen molar-refractivity contribution >= 4 is 34.2 Å². The molecule has 5 nitrogen and oxygen atoms in total. The Morgan fingerprint density at radius 3 is 2.71 bits per heavy atom. The van der Waals surface area contributed by atoms with Crippen molar-refractivity contribution in [2.75, 3.05) is 18.4 Å². The fourth-order valence-electron chi connectivity index (χ4n) is 2.75. The van der Waals surface area contributed by atoms with E-state index in [1.54, 1.807) is 0 Å². The number of anilines is 1. The number of nitrogens with one attached hydrogen (secondary N) is 2. The Balaban J connectivity index is 1.42. The number of carbonyl (C=O) groups is 1. The van der Waals surface area contributed by atoms with Crippen LogP contribution in [0.15, 0.2) is 48.8 Å². The van der Waals surface area contributed by atoms with Gasteiger partial charge in [0.15, 0.2) is 0 Å². The van der Waals surface area contributed by atoms with Crippen molar-refractivity contribution in [3.05, 3.63) is 59.4 Å². The molecule has 3 aromatic rings. The number of pyridine rings is 1. The van der Waals surface area contributed by atoms with Gasteiger partial charge >= 0.3 is 6.18 Å². The van der Waals surface area contributed by atoms with Gasteiger partial charge in [0, 0.05) is 44.0 Å². The number of carbonyl (C=O) groups excluding carboxylic acids is 1. The maximum Gasteiger partial charge on any atom is 0.417 e. The van der Waals surface area contributed by atoms with Gasteiger partial charge in [0.25, 0.3) is 0 Å². The number of alkyl halides is 3. The molecule has 0 atom stereocenters. The second-order valence-electron chi connectivity index (χ2n) is 6.15.